The first-order chi connectivity index (χ1) is 14.5. The largest absolute Gasteiger partial charge is 0.397 e. The van der Waals surface area contributed by atoms with Crippen LogP contribution in [0.1, 0.15) is 12.5 Å². The van der Waals surface area contributed by atoms with Crippen LogP contribution in [-0.4, -0.2) is 32.1 Å². The number of amides is 2. The van der Waals surface area contributed by atoms with Crippen LogP contribution in [0, 0.1) is 5.82 Å². The Bertz CT molecular complexity index is 1000. The molecule has 0 aromatic heterocycles. The first kappa shape index (κ1) is 21.1. The number of nitrogens with zero attached hydrogens (tertiary/aromatic N) is 1. The van der Waals surface area contributed by atoms with Crippen molar-refractivity contribution < 1.29 is 18.7 Å². The van der Waals surface area contributed by atoms with Gasteiger partial charge in [0.25, 0.3) is 5.91 Å². The molecule has 3 rings (SSSR count). The number of para-hydroxylation sites is 1. The number of hydrogen-bond donors (Lipinski definition) is 3. The van der Waals surface area contributed by atoms with E-state index in [0.717, 1.165) is 11.1 Å². The van der Waals surface area contributed by atoms with Crippen molar-refractivity contribution in [3.05, 3.63) is 71.3 Å². The molecule has 0 atom stereocenters. The second kappa shape index (κ2) is 9.71. The van der Waals surface area contributed by atoms with Gasteiger partial charge in [-0.15, -0.1) is 0 Å². The second-order valence-corrected chi connectivity index (χ2v) is 6.68. The van der Waals surface area contributed by atoms with Gasteiger partial charge in [-0.25, -0.2) is 4.39 Å². The number of halogens is 1. The number of rotatable bonds is 7. The van der Waals surface area contributed by atoms with Gasteiger partial charge in [-0.2, -0.15) is 0 Å². The smallest absolute Gasteiger partial charge is 0.253 e. The summed E-state index contributed by atoms with van der Waals surface area (Å²) in [6.07, 6.45) is 4.02. The molecule has 1 fully saturated rings. The van der Waals surface area contributed by atoms with Gasteiger partial charge in [0.15, 0.2) is 0 Å². The zero-order valence-electron chi connectivity index (χ0n) is 16.5. The summed E-state index contributed by atoms with van der Waals surface area (Å²) in [6, 6.07) is 11.9. The van der Waals surface area contributed by atoms with Crippen molar-refractivity contribution in [1.29, 1.82) is 0 Å². The molecule has 1 heterocycles. The molecule has 7 nitrogen and oxygen atoms in total. The maximum Gasteiger partial charge on any atom is 0.253 e. The van der Waals surface area contributed by atoms with Crippen molar-refractivity contribution in [2.75, 3.05) is 35.3 Å². The molecule has 0 saturated carbocycles. The van der Waals surface area contributed by atoms with Crippen LogP contribution in [-0.2, 0) is 14.3 Å². The Morgan fingerprint density at radius 1 is 1.23 bits per heavy atom. The zero-order valence-corrected chi connectivity index (χ0v) is 16.5. The summed E-state index contributed by atoms with van der Waals surface area (Å²) in [5.74, 6) is -0.779. The van der Waals surface area contributed by atoms with Crippen LogP contribution in [0.25, 0.3) is 6.08 Å². The molecule has 1 saturated heterocycles. The number of allylic oxidation sites excluding steroid dienone is 1. The molecule has 1 aliphatic heterocycles. The van der Waals surface area contributed by atoms with E-state index in [-0.39, 0.29) is 18.2 Å². The number of nitrogens with two attached hydrogens (primary N) is 1. The number of benzene rings is 2. The lowest BCUT2D eigenvalue weighted by atomic mass is 10.1. The van der Waals surface area contributed by atoms with Crippen molar-refractivity contribution >= 4 is 35.5 Å². The Morgan fingerprint density at radius 3 is 2.77 bits per heavy atom. The van der Waals surface area contributed by atoms with Gasteiger partial charge < -0.3 is 26.0 Å². The van der Waals surface area contributed by atoms with Gasteiger partial charge in [-0.3, -0.25) is 9.59 Å². The molecular formula is C22H23FN4O3. The van der Waals surface area contributed by atoms with E-state index in [0.29, 0.717) is 36.6 Å². The molecule has 8 heteroatoms. The highest BCUT2D eigenvalue weighted by Gasteiger charge is 2.22. The van der Waals surface area contributed by atoms with Gasteiger partial charge >= 0.3 is 0 Å². The predicted octanol–water partition coefficient (Wildman–Crippen LogP) is 3.07. The van der Waals surface area contributed by atoms with E-state index in [1.54, 1.807) is 24.4 Å². The number of anilines is 3. The lowest BCUT2D eigenvalue weighted by Crippen LogP contribution is -2.42. The van der Waals surface area contributed by atoms with Crippen LogP contribution in [0.4, 0.5) is 21.5 Å². The molecule has 0 unspecified atom stereocenters. The molecule has 0 radical (unpaired) electrons. The summed E-state index contributed by atoms with van der Waals surface area (Å²) in [7, 11) is 0. The summed E-state index contributed by atoms with van der Waals surface area (Å²) in [5.41, 5.74) is 9.53. The highest BCUT2D eigenvalue weighted by atomic mass is 19.1. The van der Waals surface area contributed by atoms with Crippen molar-refractivity contribution in [1.82, 2.24) is 0 Å². The SMILES string of the molecule is CC(=C\c1ccccc1NC=O)/C(N)=C/Nc1ccc(N2CCOCC2=O)c(F)c1. The molecule has 2 aromatic rings. The molecule has 0 bridgehead atoms. The molecule has 4 N–H and O–H groups in total. The zero-order chi connectivity index (χ0) is 21.5. The summed E-state index contributed by atoms with van der Waals surface area (Å²) < 4.78 is 19.6. The molecular weight excluding hydrogens is 387 g/mol. The van der Waals surface area contributed by atoms with Gasteiger partial charge in [0.1, 0.15) is 12.4 Å². The van der Waals surface area contributed by atoms with E-state index < -0.39 is 5.82 Å². The highest BCUT2D eigenvalue weighted by Crippen LogP contribution is 2.25. The summed E-state index contributed by atoms with van der Waals surface area (Å²) in [6.45, 7) is 2.48. The van der Waals surface area contributed by atoms with E-state index >= 15 is 0 Å². The third kappa shape index (κ3) is 5.03. The third-order valence-electron chi connectivity index (χ3n) is 4.62. The first-order valence-electron chi connectivity index (χ1n) is 9.37. The number of nitrogens with one attached hydrogen (secondary N) is 2. The first-order valence-corrected chi connectivity index (χ1v) is 9.37. The van der Waals surface area contributed by atoms with Crippen molar-refractivity contribution in [3.63, 3.8) is 0 Å². The van der Waals surface area contributed by atoms with Crippen molar-refractivity contribution in [2.45, 2.75) is 6.92 Å². The normalized spacial score (nSPS) is 15.1. The van der Waals surface area contributed by atoms with Gasteiger partial charge in [-0.05, 0) is 48.4 Å². The Labute approximate surface area is 174 Å². The number of morpholine rings is 1. The Morgan fingerprint density at radius 2 is 2.03 bits per heavy atom. The molecule has 2 aromatic carbocycles. The van der Waals surface area contributed by atoms with Crippen LogP contribution in [0.2, 0.25) is 0 Å². The van der Waals surface area contributed by atoms with Crippen LogP contribution in [0.5, 0.6) is 0 Å². The minimum atomic E-state index is -0.511. The lowest BCUT2D eigenvalue weighted by Gasteiger charge is -2.27. The molecule has 30 heavy (non-hydrogen) atoms. The Hall–Kier alpha value is -3.65. The fraction of sp³-hybridized carbons (Fsp3) is 0.182. The minimum absolute atomic E-state index is 0.0458. The number of ether oxygens (including phenoxy) is 1. The van der Waals surface area contributed by atoms with Gasteiger partial charge in [0.05, 0.1) is 18.0 Å². The van der Waals surface area contributed by atoms with Crippen molar-refractivity contribution in [3.8, 4) is 0 Å². The monoisotopic (exact) mass is 410 g/mol. The fourth-order valence-corrected chi connectivity index (χ4v) is 3.00. The standard InChI is InChI=1S/C22H23FN4O3/c1-15(10-16-4-2-3-5-20(16)26-14-28)19(24)12-25-17-6-7-21(18(23)11-17)27-8-9-30-13-22(27)29/h2-7,10-12,14,25H,8-9,13,24H2,1H3,(H,26,28)/b15-10+,19-12-. The van der Waals surface area contributed by atoms with Gasteiger partial charge in [-0.1, -0.05) is 18.2 Å². The molecule has 0 aliphatic carbocycles. The highest BCUT2D eigenvalue weighted by molar-refractivity contribution is 5.95. The minimum Gasteiger partial charge on any atom is -0.397 e. The molecule has 1 aliphatic rings. The summed E-state index contributed by atoms with van der Waals surface area (Å²) in [4.78, 5) is 24.0. The number of carbonyl (C=O) groups excluding carboxylic acids is 2. The lowest BCUT2D eigenvalue weighted by molar-refractivity contribution is -0.125. The van der Waals surface area contributed by atoms with E-state index in [2.05, 4.69) is 10.6 Å². The average Bonchev–Trinajstić information content (AvgIpc) is 2.74. The third-order valence-corrected chi connectivity index (χ3v) is 4.62. The summed E-state index contributed by atoms with van der Waals surface area (Å²) >= 11 is 0. The average molecular weight is 410 g/mol. The van der Waals surface area contributed by atoms with Crippen LogP contribution < -0.4 is 21.3 Å². The second-order valence-electron chi connectivity index (χ2n) is 6.68. The fourth-order valence-electron chi connectivity index (χ4n) is 3.00. The van der Waals surface area contributed by atoms with Crippen LogP contribution >= 0.6 is 0 Å². The van der Waals surface area contributed by atoms with Gasteiger partial charge in [0, 0.05) is 24.1 Å². The quantitative estimate of drug-likeness (QED) is 0.482. The Kier molecular flexibility index (Phi) is 6.82. The predicted molar refractivity (Wildman–Crippen MR) is 115 cm³/mol. The maximum absolute atomic E-state index is 14.5. The Balaban J connectivity index is 1.73. The van der Waals surface area contributed by atoms with E-state index in [1.807, 2.05) is 31.2 Å². The number of hydrogen-bond acceptors (Lipinski definition) is 5. The van der Waals surface area contributed by atoms with Crippen LogP contribution in [0.15, 0.2) is 59.9 Å². The van der Waals surface area contributed by atoms with Crippen molar-refractivity contribution in [2.24, 2.45) is 5.73 Å². The number of carbonyl (C=O) groups is 2. The van der Waals surface area contributed by atoms with Crippen LogP contribution in [0.3, 0.4) is 0 Å². The molecule has 156 valence electrons. The molecule has 0 spiro atoms. The summed E-state index contributed by atoms with van der Waals surface area (Å²) in [5, 5.41) is 5.61. The molecule has 2 amide bonds. The topological polar surface area (TPSA) is 96.7 Å². The van der Waals surface area contributed by atoms with Gasteiger partial charge in [0.2, 0.25) is 6.41 Å². The van der Waals surface area contributed by atoms with E-state index in [4.69, 9.17) is 10.5 Å². The van der Waals surface area contributed by atoms with E-state index in [1.165, 1.54) is 11.0 Å². The maximum atomic E-state index is 14.5. The van der Waals surface area contributed by atoms with E-state index in [9.17, 15) is 14.0 Å².